The van der Waals surface area contributed by atoms with Crippen LogP contribution in [0.5, 0.6) is 0 Å². The fraction of sp³-hybridized carbons (Fsp3) is 0.850. The van der Waals surface area contributed by atoms with E-state index in [2.05, 4.69) is 10.9 Å². The van der Waals surface area contributed by atoms with Gasteiger partial charge in [-0.1, -0.05) is 0 Å². The van der Waals surface area contributed by atoms with Gasteiger partial charge in [0.1, 0.15) is 11.2 Å². The maximum atomic E-state index is 12.7. The van der Waals surface area contributed by atoms with Gasteiger partial charge in [0.2, 0.25) is 5.91 Å². The number of imide groups is 3. The molecule has 11 nitrogen and oxygen atoms in total. The van der Waals surface area contributed by atoms with Gasteiger partial charge < -0.3 is 20.5 Å². The Kier molecular flexibility index (Phi) is 13.5. The van der Waals surface area contributed by atoms with Crippen LogP contribution in [0.1, 0.15) is 67.2 Å². The van der Waals surface area contributed by atoms with Crippen LogP contribution in [0.15, 0.2) is 0 Å². The van der Waals surface area contributed by atoms with Gasteiger partial charge in [0, 0.05) is 19.5 Å². The Bertz CT molecular complexity index is 531. The molecule has 181 valence electrons. The number of amides is 3. The van der Waals surface area contributed by atoms with E-state index in [0.717, 1.165) is 32.4 Å². The number of unbranched alkanes of at least 4 members (excludes halogenated alkanes) is 1. The molecule has 0 heterocycles. The average Bonchev–Trinajstić information content (AvgIpc) is 2.60. The maximum Gasteiger partial charge on any atom is 0.426 e. The van der Waals surface area contributed by atoms with E-state index in [0.29, 0.717) is 18.0 Å². The quantitative estimate of drug-likeness (QED) is 0.302. The lowest BCUT2D eigenvalue weighted by atomic mass is 10.2. The van der Waals surface area contributed by atoms with Gasteiger partial charge in [-0.25, -0.2) is 14.6 Å². The zero-order chi connectivity index (χ0) is 24.1. The van der Waals surface area contributed by atoms with Crippen molar-refractivity contribution in [3.63, 3.8) is 0 Å². The maximum absolute atomic E-state index is 12.7. The van der Waals surface area contributed by atoms with Crippen molar-refractivity contribution < 1.29 is 23.9 Å². The van der Waals surface area contributed by atoms with E-state index >= 15 is 0 Å². The van der Waals surface area contributed by atoms with Crippen LogP contribution in [0.2, 0.25) is 0 Å². The molecule has 0 aromatic heterocycles. The molecule has 0 saturated heterocycles. The largest absolute Gasteiger partial charge is 0.443 e. The SMILES string of the molecule is CC(C)(C)OC(=O)N(C(=O)CCN(CCCNCCCCN)N[NH])C(=O)OC(C)(C)C. The number of nitrogens with two attached hydrogens (primary N) is 1. The summed E-state index contributed by atoms with van der Waals surface area (Å²) in [7, 11) is 0. The molecule has 0 aliphatic heterocycles. The summed E-state index contributed by atoms with van der Waals surface area (Å²) in [5, 5.41) is 4.82. The average molecular weight is 446 g/mol. The predicted octanol–water partition coefficient (Wildman–Crippen LogP) is 1.80. The van der Waals surface area contributed by atoms with E-state index in [1.54, 1.807) is 41.5 Å². The highest BCUT2D eigenvalue weighted by atomic mass is 16.6. The number of carbonyl (C=O) groups excluding carboxylic acids is 3. The van der Waals surface area contributed by atoms with Crippen molar-refractivity contribution in [1.82, 2.24) is 26.6 Å². The molecule has 0 unspecified atom stereocenters. The summed E-state index contributed by atoms with van der Waals surface area (Å²) in [4.78, 5) is 38.0. The number of rotatable bonds is 12. The highest BCUT2D eigenvalue weighted by Crippen LogP contribution is 2.15. The van der Waals surface area contributed by atoms with Crippen LogP contribution in [0.4, 0.5) is 9.59 Å². The summed E-state index contributed by atoms with van der Waals surface area (Å²) in [5.74, 6) is 6.66. The molecule has 11 heteroatoms. The zero-order valence-electron chi connectivity index (χ0n) is 19.9. The second kappa shape index (κ2) is 14.3. The molecule has 0 bridgehead atoms. The lowest BCUT2D eigenvalue weighted by molar-refractivity contribution is -0.130. The molecule has 31 heavy (non-hydrogen) atoms. The summed E-state index contributed by atoms with van der Waals surface area (Å²) in [6.07, 6.45) is 0.397. The Morgan fingerprint density at radius 2 is 1.39 bits per heavy atom. The molecule has 0 spiro atoms. The summed E-state index contributed by atoms with van der Waals surface area (Å²) in [6.45, 7) is 12.8. The second-order valence-corrected chi connectivity index (χ2v) is 9.14. The van der Waals surface area contributed by atoms with Gasteiger partial charge in [0.25, 0.3) is 0 Å². The standard InChI is InChI=1S/C20H41N6O5/c1-19(2,3)30-17(28)26(18(29)31-20(4,5)6)16(27)10-15-25(24-22)14-9-13-23-12-8-7-11-21/h22-24H,7-15,21H2,1-6H3. The van der Waals surface area contributed by atoms with E-state index in [-0.39, 0.29) is 13.0 Å². The van der Waals surface area contributed by atoms with Gasteiger partial charge >= 0.3 is 12.2 Å². The highest BCUT2D eigenvalue weighted by Gasteiger charge is 2.36. The molecule has 0 saturated carbocycles. The number of hydrazine groups is 1. The fourth-order valence-electron chi connectivity index (χ4n) is 2.37. The van der Waals surface area contributed by atoms with E-state index < -0.39 is 29.3 Å². The van der Waals surface area contributed by atoms with Crippen molar-refractivity contribution in [1.29, 1.82) is 0 Å². The van der Waals surface area contributed by atoms with Gasteiger partial charge in [0.05, 0.1) is 0 Å². The molecule has 0 aliphatic rings. The van der Waals surface area contributed by atoms with Gasteiger partial charge in [-0.05, 0) is 80.4 Å². The molecule has 1 radical (unpaired) electrons. The molecular weight excluding hydrogens is 404 g/mol. The summed E-state index contributed by atoms with van der Waals surface area (Å²) >= 11 is 0. The molecule has 0 aliphatic carbocycles. The van der Waals surface area contributed by atoms with Crippen LogP contribution in [-0.2, 0) is 14.3 Å². The van der Waals surface area contributed by atoms with Crippen molar-refractivity contribution in [2.75, 3.05) is 32.7 Å². The number of hydrogen-bond donors (Lipinski definition) is 3. The van der Waals surface area contributed by atoms with Crippen molar-refractivity contribution in [3.8, 4) is 0 Å². The third kappa shape index (κ3) is 14.8. The first-order valence-electron chi connectivity index (χ1n) is 10.7. The third-order valence-electron chi connectivity index (χ3n) is 3.74. The summed E-state index contributed by atoms with van der Waals surface area (Å²) < 4.78 is 10.4. The normalized spacial score (nSPS) is 12.0. The Balaban J connectivity index is 4.80. The Labute approximate surface area is 186 Å². The number of nitrogens with zero attached hydrogens (tertiary/aromatic N) is 2. The van der Waals surface area contributed by atoms with E-state index in [1.807, 2.05) is 0 Å². The van der Waals surface area contributed by atoms with Crippen LogP contribution in [-0.4, -0.2) is 71.9 Å². The number of hydrogen-bond acceptors (Lipinski definition) is 9. The number of carbonyl (C=O) groups is 3. The molecule has 5 N–H and O–H groups in total. The van der Waals surface area contributed by atoms with Crippen LogP contribution in [0.25, 0.3) is 0 Å². The minimum Gasteiger partial charge on any atom is -0.443 e. The first-order chi connectivity index (χ1) is 14.3. The monoisotopic (exact) mass is 445 g/mol. The Hall–Kier alpha value is -1.79. The van der Waals surface area contributed by atoms with Crippen LogP contribution >= 0.6 is 0 Å². The molecule has 3 amide bonds. The van der Waals surface area contributed by atoms with Crippen molar-refractivity contribution in [2.45, 2.75) is 78.4 Å². The van der Waals surface area contributed by atoms with Gasteiger partial charge in [-0.3, -0.25) is 4.79 Å². The fourth-order valence-corrected chi connectivity index (χ4v) is 2.37. The zero-order valence-corrected chi connectivity index (χ0v) is 19.9. The Morgan fingerprint density at radius 3 is 1.84 bits per heavy atom. The molecule has 0 aromatic carbocycles. The minimum absolute atomic E-state index is 0.137. The smallest absolute Gasteiger partial charge is 0.426 e. The van der Waals surface area contributed by atoms with Crippen molar-refractivity contribution >= 4 is 18.1 Å². The van der Waals surface area contributed by atoms with Gasteiger partial charge in [-0.2, -0.15) is 11.4 Å². The predicted molar refractivity (Wildman–Crippen MR) is 118 cm³/mol. The molecule has 0 aromatic rings. The number of ether oxygens (including phenoxy) is 2. The topological polar surface area (TPSA) is 150 Å². The summed E-state index contributed by atoms with van der Waals surface area (Å²) in [6, 6.07) is 0. The van der Waals surface area contributed by atoms with Crippen LogP contribution in [0.3, 0.4) is 0 Å². The summed E-state index contributed by atoms with van der Waals surface area (Å²) in [5.41, 5.74) is 5.96. The minimum atomic E-state index is -1.08. The first-order valence-corrected chi connectivity index (χ1v) is 10.7. The molecule has 0 fully saturated rings. The molecule has 0 atom stereocenters. The lowest BCUT2D eigenvalue weighted by Crippen LogP contribution is -2.48. The van der Waals surface area contributed by atoms with E-state index in [4.69, 9.17) is 21.1 Å². The van der Waals surface area contributed by atoms with Crippen LogP contribution < -0.4 is 22.4 Å². The van der Waals surface area contributed by atoms with Crippen LogP contribution in [0, 0.1) is 0 Å². The molecule has 0 rings (SSSR count). The lowest BCUT2D eigenvalue weighted by Gasteiger charge is -2.28. The third-order valence-corrected chi connectivity index (χ3v) is 3.74. The van der Waals surface area contributed by atoms with Gasteiger partial charge in [-0.15, -0.1) is 4.90 Å². The first kappa shape index (κ1) is 29.2. The molecular formula is C20H41N6O5. The van der Waals surface area contributed by atoms with Gasteiger partial charge in [0.15, 0.2) is 0 Å². The van der Waals surface area contributed by atoms with Crippen molar-refractivity contribution in [3.05, 3.63) is 0 Å². The Morgan fingerprint density at radius 1 is 0.871 bits per heavy atom. The second-order valence-electron chi connectivity index (χ2n) is 9.14. The van der Waals surface area contributed by atoms with Crippen molar-refractivity contribution in [2.24, 2.45) is 5.73 Å². The number of nitrogens with one attached hydrogen (secondary N) is 3. The van der Waals surface area contributed by atoms with E-state index in [1.165, 1.54) is 5.01 Å². The highest BCUT2D eigenvalue weighted by molar-refractivity contribution is 6.06. The van der Waals surface area contributed by atoms with E-state index in [9.17, 15) is 14.4 Å².